The van der Waals surface area contributed by atoms with Crippen molar-refractivity contribution in [3.05, 3.63) is 59.4 Å². The molecule has 0 saturated heterocycles. The average Bonchev–Trinajstić information content (AvgIpc) is 2.80. The Kier molecular flexibility index (Phi) is 3.68. The van der Waals surface area contributed by atoms with Crippen molar-refractivity contribution >= 4 is 0 Å². The van der Waals surface area contributed by atoms with Crippen LogP contribution in [0.2, 0.25) is 0 Å². The van der Waals surface area contributed by atoms with Crippen LogP contribution in [0.1, 0.15) is 43.5 Å². The second-order valence-corrected chi connectivity index (χ2v) is 6.33. The molecule has 0 aliphatic carbocycles. The van der Waals surface area contributed by atoms with Crippen LogP contribution in [0.4, 0.5) is 0 Å². The van der Waals surface area contributed by atoms with Crippen molar-refractivity contribution in [1.82, 2.24) is 10.3 Å². The number of para-hydroxylation sites is 1. The van der Waals surface area contributed by atoms with Crippen LogP contribution < -0.4 is 10.1 Å². The van der Waals surface area contributed by atoms with Crippen LogP contribution in [0.3, 0.4) is 0 Å². The number of hydrogen-bond donors (Lipinski definition) is 1. The Morgan fingerprint density at radius 1 is 1.24 bits per heavy atom. The van der Waals surface area contributed by atoms with Gasteiger partial charge in [0.05, 0.1) is 0 Å². The first-order valence-electron chi connectivity index (χ1n) is 7.48. The summed E-state index contributed by atoms with van der Waals surface area (Å²) in [6.07, 6.45) is 4.65. The summed E-state index contributed by atoms with van der Waals surface area (Å²) in [7, 11) is 0. The Balaban J connectivity index is 1.72. The van der Waals surface area contributed by atoms with Crippen molar-refractivity contribution < 1.29 is 4.74 Å². The Bertz CT molecular complexity index is 622. The van der Waals surface area contributed by atoms with E-state index in [1.807, 2.05) is 24.5 Å². The lowest BCUT2D eigenvalue weighted by Crippen LogP contribution is -2.25. The van der Waals surface area contributed by atoms with Gasteiger partial charge in [-0.3, -0.25) is 4.98 Å². The summed E-state index contributed by atoms with van der Waals surface area (Å²) in [5, 5.41) is 3.56. The third-order valence-corrected chi connectivity index (χ3v) is 3.98. The zero-order chi connectivity index (χ0) is 14.9. The third-order valence-electron chi connectivity index (χ3n) is 3.98. The number of nitrogens with zero attached hydrogens (tertiary/aromatic N) is 1. The molecule has 2 heterocycles. The molecule has 21 heavy (non-hydrogen) atoms. The second kappa shape index (κ2) is 5.49. The van der Waals surface area contributed by atoms with Gasteiger partial charge in [-0.1, -0.05) is 18.2 Å². The molecule has 3 rings (SSSR count). The summed E-state index contributed by atoms with van der Waals surface area (Å²) < 4.78 is 6.11. The number of ether oxygens (including phenoxy) is 1. The van der Waals surface area contributed by atoms with E-state index in [4.69, 9.17) is 4.74 Å². The molecule has 1 aliphatic heterocycles. The standard InChI is InChI=1S/C18H22N2O/c1-13(14-7-9-19-10-8-14)20-12-16-6-4-5-15-11-18(2,3)21-17(15)16/h4-10,13,20H,11-12H2,1-3H3. The van der Waals surface area contributed by atoms with Crippen LogP contribution in [0.15, 0.2) is 42.7 Å². The monoisotopic (exact) mass is 282 g/mol. The van der Waals surface area contributed by atoms with Gasteiger partial charge in [-0.05, 0) is 44.0 Å². The van der Waals surface area contributed by atoms with E-state index in [2.05, 4.69) is 49.3 Å². The molecular formula is C18H22N2O. The van der Waals surface area contributed by atoms with Crippen molar-refractivity contribution in [2.75, 3.05) is 0 Å². The molecule has 2 aromatic rings. The van der Waals surface area contributed by atoms with E-state index in [0.717, 1.165) is 18.7 Å². The zero-order valence-corrected chi connectivity index (χ0v) is 12.9. The number of hydrogen-bond acceptors (Lipinski definition) is 3. The minimum absolute atomic E-state index is 0.0881. The van der Waals surface area contributed by atoms with Gasteiger partial charge in [-0.15, -0.1) is 0 Å². The highest BCUT2D eigenvalue weighted by atomic mass is 16.5. The van der Waals surface area contributed by atoms with Gasteiger partial charge < -0.3 is 10.1 Å². The van der Waals surface area contributed by atoms with Crippen LogP contribution in [0.25, 0.3) is 0 Å². The predicted molar refractivity (Wildman–Crippen MR) is 84.3 cm³/mol. The van der Waals surface area contributed by atoms with E-state index in [0.29, 0.717) is 6.04 Å². The summed E-state index contributed by atoms with van der Waals surface area (Å²) in [4.78, 5) is 4.06. The summed E-state index contributed by atoms with van der Waals surface area (Å²) in [5.74, 6) is 1.07. The number of benzene rings is 1. The molecule has 0 saturated carbocycles. The first-order chi connectivity index (χ1) is 10.1. The Morgan fingerprint density at radius 2 is 2.00 bits per heavy atom. The average molecular weight is 282 g/mol. The van der Waals surface area contributed by atoms with Gasteiger partial charge in [0.25, 0.3) is 0 Å². The lowest BCUT2D eigenvalue weighted by atomic mass is 10.0. The molecule has 0 fully saturated rings. The number of rotatable bonds is 4. The van der Waals surface area contributed by atoms with E-state index in [1.165, 1.54) is 16.7 Å². The fourth-order valence-electron chi connectivity index (χ4n) is 2.85. The fraction of sp³-hybridized carbons (Fsp3) is 0.389. The minimum atomic E-state index is -0.0881. The molecule has 3 nitrogen and oxygen atoms in total. The van der Waals surface area contributed by atoms with Crippen molar-refractivity contribution in [3.8, 4) is 5.75 Å². The van der Waals surface area contributed by atoms with E-state index in [9.17, 15) is 0 Å². The third kappa shape index (κ3) is 3.08. The van der Waals surface area contributed by atoms with Crippen molar-refractivity contribution in [1.29, 1.82) is 0 Å². The lowest BCUT2D eigenvalue weighted by Gasteiger charge is -2.19. The molecule has 1 N–H and O–H groups in total. The molecule has 1 atom stereocenters. The van der Waals surface area contributed by atoms with Gasteiger partial charge in [-0.25, -0.2) is 0 Å². The Labute approximate surface area is 126 Å². The van der Waals surface area contributed by atoms with Crippen LogP contribution in [-0.2, 0) is 13.0 Å². The largest absolute Gasteiger partial charge is 0.487 e. The number of fused-ring (bicyclic) bond motifs is 1. The first kappa shape index (κ1) is 14.1. The first-order valence-corrected chi connectivity index (χ1v) is 7.48. The maximum Gasteiger partial charge on any atom is 0.127 e. The van der Waals surface area contributed by atoms with Crippen molar-refractivity contribution in [3.63, 3.8) is 0 Å². The van der Waals surface area contributed by atoms with E-state index in [1.54, 1.807) is 0 Å². The van der Waals surface area contributed by atoms with Crippen LogP contribution in [-0.4, -0.2) is 10.6 Å². The maximum atomic E-state index is 6.11. The van der Waals surface area contributed by atoms with Gasteiger partial charge in [0.1, 0.15) is 11.4 Å². The van der Waals surface area contributed by atoms with Gasteiger partial charge in [0.15, 0.2) is 0 Å². The highest BCUT2D eigenvalue weighted by molar-refractivity contribution is 5.45. The molecule has 0 spiro atoms. The molecule has 0 radical (unpaired) electrons. The normalized spacial score (nSPS) is 17.1. The Hall–Kier alpha value is -1.87. The zero-order valence-electron chi connectivity index (χ0n) is 12.9. The van der Waals surface area contributed by atoms with E-state index >= 15 is 0 Å². The molecule has 1 aromatic carbocycles. The molecule has 110 valence electrons. The maximum absolute atomic E-state index is 6.11. The molecule has 3 heteroatoms. The SMILES string of the molecule is CC(NCc1cccc2c1OC(C)(C)C2)c1ccncc1. The van der Waals surface area contributed by atoms with E-state index in [-0.39, 0.29) is 5.60 Å². The smallest absolute Gasteiger partial charge is 0.127 e. The quantitative estimate of drug-likeness (QED) is 0.929. The summed E-state index contributed by atoms with van der Waals surface area (Å²) in [5.41, 5.74) is 3.71. The molecule has 1 aromatic heterocycles. The van der Waals surface area contributed by atoms with Gasteiger partial charge in [0.2, 0.25) is 0 Å². The topological polar surface area (TPSA) is 34.1 Å². The highest BCUT2D eigenvalue weighted by Gasteiger charge is 2.31. The van der Waals surface area contributed by atoms with Crippen LogP contribution in [0.5, 0.6) is 5.75 Å². The van der Waals surface area contributed by atoms with Gasteiger partial charge in [0, 0.05) is 37.0 Å². The minimum Gasteiger partial charge on any atom is -0.487 e. The predicted octanol–water partition coefficient (Wildman–Crippen LogP) is 3.65. The highest BCUT2D eigenvalue weighted by Crippen LogP contribution is 2.37. The van der Waals surface area contributed by atoms with Crippen LogP contribution in [0, 0.1) is 0 Å². The molecule has 1 aliphatic rings. The van der Waals surface area contributed by atoms with Gasteiger partial charge in [-0.2, -0.15) is 0 Å². The van der Waals surface area contributed by atoms with Crippen molar-refractivity contribution in [2.24, 2.45) is 0 Å². The number of pyridine rings is 1. The summed E-state index contributed by atoms with van der Waals surface area (Å²) >= 11 is 0. The molecule has 1 unspecified atom stereocenters. The van der Waals surface area contributed by atoms with Crippen LogP contribution >= 0.6 is 0 Å². The van der Waals surface area contributed by atoms with Crippen molar-refractivity contribution in [2.45, 2.75) is 45.4 Å². The Morgan fingerprint density at radius 3 is 2.76 bits per heavy atom. The lowest BCUT2D eigenvalue weighted by molar-refractivity contribution is 0.137. The molecule has 0 amide bonds. The molecular weight excluding hydrogens is 260 g/mol. The molecule has 0 bridgehead atoms. The second-order valence-electron chi connectivity index (χ2n) is 6.33. The van der Waals surface area contributed by atoms with E-state index < -0.39 is 0 Å². The number of nitrogens with one attached hydrogen (secondary N) is 1. The summed E-state index contributed by atoms with van der Waals surface area (Å²) in [6, 6.07) is 10.8. The fourth-order valence-corrected chi connectivity index (χ4v) is 2.85. The number of aromatic nitrogens is 1. The summed E-state index contributed by atoms with van der Waals surface area (Å²) in [6.45, 7) is 7.26. The van der Waals surface area contributed by atoms with Gasteiger partial charge >= 0.3 is 0 Å².